The minimum atomic E-state index is -3.54. The van der Waals surface area contributed by atoms with Crippen molar-refractivity contribution >= 4 is 10.9 Å². The summed E-state index contributed by atoms with van der Waals surface area (Å²) < 4.78 is 63.0. The lowest BCUT2D eigenvalue weighted by atomic mass is 9.93. The number of alkyl halides is 3. The van der Waals surface area contributed by atoms with E-state index in [1.165, 1.54) is 36.5 Å². The molecule has 31 heavy (non-hydrogen) atoms. The molecule has 1 aromatic heterocycles. The summed E-state index contributed by atoms with van der Waals surface area (Å²) in [6.45, 7) is 1.61. The molecule has 0 bridgehead atoms. The highest BCUT2D eigenvalue weighted by Gasteiger charge is 2.50. The first-order chi connectivity index (χ1) is 14.8. The van der Waals surface area contributed by atoms with E-state index in [1.807, 2.05) is 30.3 Å². The van der Waals surface area contributed by atoms with Crippen LogP contribution in [-0.2, 0) is 5.60 Å². The standard InChI is InChI=1S/C23H18F4N2O2/c1-14-7-9-18(24)20(11-14)31-22(27)23(30,21(25)26)16-8-10-19-15(12-16)13-28-29(19)17-5-3-2-4-6-17/h2-13,21-22,30H,1H3. The molecule has 2 unspecified atom stereocenters. The number of para-hydroxylation sites is 1. The van der Waals surface area contributed by atoms with Crippen LogP contribution in [0.5, 0.6) is 5.75 Å². The zero-order valence-electron chi connectivity index (χ0n) is 16.3. The Kier molecular flexibility index (Phi) is 5.41. The molecule has 160 valence electrons. The number of hydrogen-bond acceptors (Lipinski definition) is 3. The lowest BCUT2D eigenvalue weighted by Crippen LogP contribution is -2.46. The quantitative estimate of drug-likeness (QED) is 0.423. The van der Waals surface area contributed by atoms with Crippen LogP contribution in [0.1, 0.15) is 11.1 Å². The van der Waals surface area contributed by atoms with E-state index < -0.39 is 35.5 Å². The molecule has 3 aromatic carbocycles. The largest absolute Gasteiger partial charge is 0.454 e. The Hall–Kier alpha value is -3.39. The van der Waals surface area contributed by atoms with Gasteiger partial charge in [-0.15, -0.1) is 0 Å². The monoisotopic (exact) mass is 430 g/mol. The minimum Gasteiger partial charge on any atom is -0.454 e. The van der Waals surface area contributed by atoms with Gasteiger partial charge >= 0.3 is 0 Å². The average molecular weight is 430 g/mol. The van der Waals surface area contributed by atoms with E-state index in [4.69, 9.17) is 4.74 Å². The van der Waals surface area contributed by atoms with Crippen molar-refractivity contribution in [1.82, 2.24) is 9.78 Å². The van der Waals surface area contributed by atoms with Gasteiger partial charge in [0.25, 0.3) is 12.8 Å². The van der Waals surface area contributed by atoms with Crippen LogP contribution in [0.25, 0.3) is 16.6 Å². The Bertz CT molecular complexity index is 1210. The van der Waals surface area contributed by atoms with Gasteiger partial charge in [-0.25, -0.2) is 17.9 Å². The van der Waals surface area contributed by atoms with Gasteiger partial charge in [-0.05, 0) is 54.4 Å². The maximum Gasteiger partial charge on any atom is 0.277 e. The SMILES string of the molecule is Cc1ccc(F)c(OC(F)C(O)(c2ccc3c(cnn3-c3ccccc3)c2)C(F)F)c1. The molecule has 1 heterocycles. The summed E-state index contributed by atoms with van der Waals surface area (Å²) in [5.74, 6) is -1.49. The summed E-state index contributed by atoms with van der Waals surface area (Å²) >= 11 is 0. The summed E-state index contributed by atoms with van der Waals surface area (Å²) in [6, 6.07) is 16.6. The van der Waals surface area contributed by atoms with Crippen molar-refractivity contribution in [3.8, 4) is 11.4 Å². The molecule has 0 aliphatic rings. The van der Waals surface area contributed by atoms with Gasteiger partial charge in [0.2, 0.25) is 5.60 Å². The van der Waals surface area contributed by atoms with Gasteiger partial charge in [0, 0.05) is 5.39 Å². The van der Waals surface area contributed by atoms with Crippen LogP contribution in [0.3, 0.4) is 0 Å². The van der Waals surface area contributed by atoms with Gasteiger partial charge in [0.05, 0.1) is 17.4 Å². The average Bonchev–Trinajstić information content (AvgIpc) is 3.19. The van der Waals surface area contributed by atoms with Crippen LogP contribution in [0, 0.1) is 12.7 Å². The first-order valence-electron chi connectivity index (χ1n) is 9.42. The highest BCUT2D eigenvalue weighted by molar-refractivity contribution is 5.81. The van der Waals surface area contributed by atoms with Crippen molar-refractivity contribution in [2.24, 2.45) is 0 Å². The highest BCUT2D eigenvalue weighted by Crippen LogP contribution is 2.37. The van der Waals surface area contributed by atoms with Gasteiger partial charge in [-0.1, -0.05) is 30.3 Å². The van der Waals surface area contributed by atoms with Crippen molar-refractivity contribution in [2.45, 2.75) is 25.3 Å². The molecule has 0 radical (unpaired) electrons. The predicted molar refractivity (Wildman–Crippen MR) is 108 cm³/mol. The topological polar surface area (TPSA) is 47.3 Å². The number of aromatic nitrogens is 2. The summed E-state index contributed by atoms with van der Waals surface area (Å²) in [6.07, 6.45) is -5.05. The van der Waals surface area contributed by atoms with Crippen molar-refractivity contribution in [3.05, 3.63) is 89.9 Å². The second-order valence-electron chi connectivity index (χ2n) is 7.16. The van der Waals surface area contributed by atoms with Crippen molar-refractivity contribution < 1.29 is 27.4 Å². The normalized spacial score (nSPS) is 14.5. The number of hydrogen-bond donors (Lipinski definition) is 1. The maximum atomic E-state index is 14.9. The third kappa shape index (κ3) is 3.74. The Morgan fingerprint density at radius 2 is 1.74 bits per heavy atom. The number of aryl methyl sites for hydroxylation is 1. The van der Waals surface area contributed by atoms with Crippen molar-refractivity contribution in [1.29, 1.82) is 0 Å². The fourth-order valence-electron chi connectivity index (χ4n) is 3.32. The van der Waals surface area contributed by atoms with Crippen molar-refractivity contribution in [3.63, 3.8) is 0 Å². The molecule has 0 aliphatic carbocycles. The molecule has 0 fully saturated rings. The van der Waals surface area contributed by atoms with Crippen molar-refractivity contribution in [2.75, 3.05) is 0 Å². The Labute approximate surface area is 175 Å². The molecule has 0 spiro atoms. The van der Waals surface area contributed by atoms with Gasteiger partial charge < -0.3 is 9.84 Å². The minimum absolute atomic E-state index is 0.411. The Morgan fingerprint density at radius 1 is 1.00 bits per heavy atom. The van der Waals surface area contributed by atoms with E-state index in [9.17, 15) is 22.7 Å². The molecule has 0 amide bonds. The Morgan fingerprint density at radius 3 is 2.45 bits per heavy atom. The summed E-state index contributed by atoms with van der Waals surface area (Å²) in [7, 11) is 0. The zero-order valence-corrected chi connectivity index (χ0v) is 16.3. The van der Waals surface area contributed by atoms with E-state index in [0.29, 0.717) is 16.5 Å². The highest BCUT2D eigenvalue weighted by atomic mass is 19.3. The molecule has 4 aromatic rings. The number of aliphatic hydroxyl groups is 1. The molecule has 0 saturated heterocycles. The number of rotatable bonds is 6. The molecular weight excluding hydrogens is 412 g/mol. The first-order valence-corrected chi connectivity index (χ1v) is 9.42. The van der Waals surface area contributed by atoms with Gasteiger partial charge in [0.1, 0.15) is 0 Å². The second-order valence-corrected chi connectivity index (χ2v) is 7.16. The molecule has 2 atom stereocenters. The molecule has 8 heteroatoms. The molecule has 4 rings (SSSR count). The van der Waals surface area contributed by atoms with E-state index in [1.54, 1.807) is 11.6 Å². The van der Waals surface area contributed by atoms with E-state index in [0.717, 1.165) is 11.8 Å². The lowest BCUT2D eigenvalue weighted by molar-refractivity contribution is -0.201. The smallest absolute Gasteiger partial charge is 0.277 e. The summed E-state index contributed by atoms with van der Waals surface area (Å²) in [5, 5.41) is 15.3. The van der Waals surface area contributed by atoms with Crippen LogP contribution in [0.2, 0.25) is 0 Å². The zero-order chi connectivity index (χ0) is 22.2. The summed E-state index contributed by atoms with van der Waals surface area (Å²) in [4.78, 5) is 0. The molecule has 1 N–H and O–H groups in total. The first kappa shape index (κ1) is 20.9. The fourth-order valence-corrected chi connectivity index (χ4v) is 3.32. The van der Waals surface area contributed by atoms with E-state index in [2.05, 4.69) is 5.10 Å². The van der Waals surface area contributed by atoms with Crippen LogP contribution in [-0.4, -0.2) is 27.7 Å². The van der Waals surface area contributed by atoms with Crippen LogP contribution in [0.4, 0.5) is 17.6 Å². The van der Waals surface area contributed by atoms with E-state index >= 15 is 0 Å². The lowest BCUT2D eigenvalue weighted by Gasteiger charge is -2.31. The Balaban J connectivity index is 1.72. The number of nitrogens with zero attached hydrogens (tertiary/aromatic N) is 2. The second kappa shape index (κ2) is 8.03. The van der Waals surface area contributed by atoms with E-state index in [-0.39, 0.29) is 0 Å². The molecule has 0 saturated carbocycles. The van der Waals surface area contributed by atoms with Crippen LogP contribution >= 0.6 is 0 Å². The number of benzene rings is 3. The maximum absolute atomic E-state index is 14.9. The number of fused-ring (bicyclic) bond motifs is 1. The van der Waals surface area contributed by atoms with Gasteiger partial charge in [-0.3, -0.25) is 0 Å². The van der Waals surface area contributed by atoms with Gasteiger partial charge in [0.15, 0.2) is 11.6 Å². The fraction of sp³-hybridized carbons (Fsp3) is 0.174. The van der Waals surface area contributed by atoms with Crippen LogP contribution < -0.4 is 4.74 Å². The summed E-state index contributed by atoms with van der Waals surface area (Å²) in [5.41, 5.74) is -1.87. The van der Waals surface area contributed by atoms with Crippen LogP contribution in [0.15, 0.2) is 72.9 Å². The number of ether oxygens (including phenoxy) is 1. The predicted octanol–water partition coefficient (Wildman–Crippen LogP) is 5.30. The third-order valence-electron chi connectivity index (χ3n) is 5.03. The molecule has 4 nitrogen and oxygen atoms in total. The molecular formula is C23H18F4N2O2. The molecule has 0 aliphatic heterocycles. The third-order valence-corrected chi connectivity index (χ3v) is 5.03. The number of halogens is 4. The van der Waals surface area contributed by atoms with Gasteiger partial charge in [-0.2, -0.15) is 9.49 Å².